The molecule has 1 N–H and O–H groups in total. The van der Waals surface area contributed by atoms with Gasteiger partial charge < -0.3 is 14.4 Å². The lowest BCUT2D eigenvalue weighted by atomic mass is 10.1. The van der Waals surface area contributed by atoms with Crippen LogP contribution in [0.15, 0.2) is 29.2 Å². The van der Waals surface area contributed by atoms with E-state index in [1.165, 1.54) is 6.20 Å². The Balaban J connectivity index is 2.75. The number of aromatic carboxylic acids is 1. The van der Waals surface area contributed by atoms with E-state index in [2.05, 4.69) is 0 Å². The highest BCUT2D eigenvalue weighted by Gasteiger charge is 2.14. The number of hydrogen-bond donors (Lipinski definition) is 1. The molecule has 2 aromatic rings. The highest BCUT2D eigenvalue weighted by molar-refractivity contribution is 5.92. The molecule has 0 atom stereocenters. The first-order chi connectivity index (χ1) is 9.58. The quantitative estimate of drug-likeness (QED) is 0.910. The summed E-state index contributed by atoms with van der Waals surface area (Å²) in [5.74, 6) is -0.525. The Morgan fingerprint density at radius 2 is 2.10 bits per heavy atom. The number of pyridine rings is 1. The van der Waals surface area contributed by atoms with Crippen molar-refractivity contribution in [3.8, 4) is 5.75 Å². The van der Waals surface area contributed by atoms with Gasteiger partial charge in [-0.15, -0.1) is 0 Å². The molecular weight excluding hydrogens is 258 g/mol. The minimum absolute atomic E-state index is 0.199. The Bertz CT molecular complexity index is 703. The minimum atomic E-state index is -1.20. The number of ether oxygens (including phenoxy) is 1. The number of hydrogen-bond acceptors (Lipinski definition) is 3. The zero-order chi connectivity index (χ0) is 14.7. The van der Waals surface area contributed by atoms with Crippen LogP contribution >= 0.6 is 0 Å². The molecule has 0 aliphatic rings. The number of rotatable bonds is 5. The number of benzene rings is 1. The third kappa shape index (κ3) is 2.52. The van der Waals surface area contributed by atoms with E-state index in [0.717, 1.165) is 6.42 Å². The second kappa shape index (κ2) is 5.77. The van der Waals surface area contributed by atoms with Crippen LogP contribution in [0.4, 0.5) is 0 Å². The highest BCUT2D eigenvalue weighted by Crippen LogP contribution is 2.20. The molecule has 5 heteroatoms. The van der Waals surface area contributed by atoms with Gasteiger partial charge in [0.05, 0.1) is 12.1 Å². The molecule has 0 fully saturated rings. The molecule has 0 saturated heterocycles. The molecule has 0 aliphatic heterocycles. The Hall–Kier alpha value is -2.30. The zero-order valence-electron chi connectivity index (χ0n) is 11.5. The van der Waals surface area contributed by atoms with Crippen LogP contribution in [0.2, 0.25) is 0 Å². The average molecular weight is 275 g/mol. The van der Waals surface area contributed by atoms with E-state index in [0.29, 0.717) is 29.8 Å². The first-order valence-corrected chi connectivity index (χ1v) is 6.61. The van der Waals surface area contributed by atoms with E-state index in [-0.39, 0.29) is 5.56 Å². The van der Waals surface area contributed by atoms with Crippen molar-refractivity contribution in [1.29, 1.82) is 0 Å². The summed E-state index contributed by atoms with van der Waals surface area (Å²) in [5, 5.41) is 9.52. The Kier molecular flexibility index (Phi) is 4.08. The van der Waals surface area contributed by atoms with Crippen molar-refractivity contribution in [2.75, 3.05) is 6.61 Å². The zero-order valence-corrected chi connectivity index (χ0v) is 11.5. The molecular formula is C15H17NO4. The van der Waals surface area contributed by atoms with Crippen molar-refractivity contribution in [2.45, 2.75) is 26.8 Å². The van der Waals surface area contributed by atoms with Crippen LogP contribution in [0.5, 0.6) is 5.75 Å². The number of carbonyl (C=O) groups is 1. The topological polar surface area (TPSA) is 68.5 Å². The Morgan fingerprint density at radius 3 is 2.70 bits per heavy atom. The number of fused-ring (bicyclic) bond motifs is 1. The van der Waals surface area contributed by atoms with E-state index >= 15 is 0 Å². The lowest BCUT2D eigenvalue weighted by Crippen LogP contribution is -2.19. The van der Waals surface area contributed by atoms with E-state index in [1.807, 2.05) is 13.8 Å². The van der Waals surface area contributed by atoms with Crippen molar-refractivity contribution in [1.82, 2.24) is 4.57 Å². The summed E-state index contributed by atoms with van der Waals surface area (Å²) < 4.78 is 7.23. The fourth-order valence-electron chi connectivity index (χ4n) is 2.20. The summed E-state index contributed by atoms with van der Waals surface area (Å²) in [6.45, 7) is 5.07. The molecule has 5 nitrogen and oxygen atoms in total. The van der Waals surface area contributed by atoms with Gasteiger partial charge in [0.25, 0.3) is 0 Å². The number of aromatic nitrogens is 1. The second-order valence-corrected chi connectivity index (χ2v) is 4.48. The molecule has 1 aromatic carbocycles. The van der Waals surface area contributed by atoms with Gasteiger partial charge in [0.15, 0.2) is 0 Å². The molecule has 106 valence electrons. The fourth-order valence-corrected chi connectivity index (χ4v) is 2.20. The van der Waals surface area contributed by atoms with Crippen molar-refractivity contribution >= 4 is 16.9 Å². The minimum Gasteiger partial charge on any atom is -0.494 e. The van der Waals surface area contributed by atoms with Gasteiger partial charge in [0.1, 0.15) is 11.3 Å². The van der Waals surface area contributed by atoms with Crippen molar-refractivity contribution in [2.24, 2.45) is 0 Å². The molecule has 0 spiro atoms. The number of carboxylic acid groups (broad SMARTS) is 1. The molecule has 0 radical (unpaired) electrons. The lowest BCUT2D eigenvalue weighted by Gasteiger charge is -2.12. The summed E-state index contributed by atoms with van der Waals surface area (Å²) in [4.78, 5) is 23.3. The molecule has 0 aliphatic carbocycles. The standard InChI is InChI=1S/C15H17NO4/c1-3-7-16-9-12(15(18)19)14(17)11-6-5-10(20-4-2)8-13(11)16/h5-6,8-9H,3-4,7H2,1-2H3,(H,18,19). The van der Waals surface area contributed by atoms with Gasteiger partial charge in [-0.1, -0.05) is 6.92 Å². The summed E-state index contributed by atoms with van der Waals surface area (Å²) in [5.41, 5.74) is 0.0470. The molecule has 0 bridgehead atoms. The molecule has 0 unspecified atom stereocenters. The van der Waals surface area contributed by atoms with E-state index < -0.39 is 11.4 Å². The molecule has 1 aromatic heterocycles. The third-order valence-corrected chi connectivity index (χ3v) is 3.06. The Morgan fingerprint density at radius 1 is 1.35 bits per heavy atom. The summed E-state index contributed by atoms with van der Waals surface area (Å²) >= 11 is 0. The van der Waals surface area contributed by atoms with E-state index in [9.17, 15) is 9.59 Å². The maximum absolute atomic E-state index is 12.2. The van der Waals surface area contributed by atoms with Crippen molar-refractivity contribution < 1.29 is 14.6 Å². The lowest BCUT2D eigenvalue weighted by molar-refractivity contribution is 0.0695. The third-order valence-electron chi connectivity index (χ3n) is 3.06. The van der Waals surface area contributed by atoms with Crippen LogP contribution in [-0.2, 0) is 6.54 Å². The predicted octanol–water partition coefficient (Wildman–Crippen LogP) is 2.51. The normalized spacial score (nSPS) is 10.7. The molecule has 2 rings (SSSR count). The summed E-state index contributed by atoms with van der Waals surface area (Å²) in [6.07, 6.45) is 2.25. The van der Waals surface area contributed by atoms with Gasteiger partial charge in [0.2, 0.25) is 5.43 Å². The maximum atomic E-state index is 12.2. The van der Waals surface area contributed by atoms with Gasteiger partial charge >= 0.3 is 5.97 Å². The summed E-state index contributed by atoms with van der Waals surface area (Å²) in [6, 6.07) is 5.10. The number of aryl methyl sites for hydroxylation is 1. The number of carboxylic acids is 1. The SMILES string of the molecule is CCCn1cc(C(=O)O)c(=O)c2ccc(OCC)cc21. The molecule has 0 saturated carbocycles. The highest BCUT2D eigenvalue weighted by atomic mass is 16.5. The van der Waals surface area contributed by atoms with Crippen LogP contribution in [0, 0.1) is 0 Å². The van der Waals surface area contributed by atoms with E-state index in [1.54, 1.807) is 22.8 Å². The van der Waals surface area contributed by atoms with Gasteiger partial charge in [0, 0.05) is 24.2 Å². The second-order valence-electron chi connectivity index (χ2n) is 4.48. The predicted molar refractivity (Wildman–Crippen MR) is 76.6 cm³/mol. The van der Waals surface area contributed by atoms with Crippen LogP contribution in [-0.4, -0.2) is 22.2 Å². The van der Waals surface area contributed by atoms with Crippen LogP contribution < -0.4 is 10.2 Å². The largest absolute Gasteiger partial charge is 0.494 e. The van der Waals surface area contributed by atoms with Gasteiger partial charge in [-0.2, -0.15) is 0 Å². The van der Waals surface area contributed by atoms with Crippen molar-refractivity contribution in [3.63, 3.8) is 0 Å². The van der Waals surface area contributed by atoms with Gasteiger partial charge in [-0.05, 0) is 25.5 Å². The van der Waals surface area contributed by atoms with Crippen LogP contribution in [0.3, 0.4) is 0 Å². The molecule has 0 amide bonds. The summed E-state index contributed by atoms with van der Waals surface area (Å²) in [7, 11) is 0. The fraction of sp³-hybridized carbons (Fsp3) is 0.333. The molecule has 20 heavy (non-hydrogen) atoms. The first kappa shape index (κ1) is 14.1. The van der Waals surface area contributed by atoms with Crippen LogP contribution in [0.1, 0.15) is 30.6 Å². The van der Waals surface area contributed by atoms with E-state index in [4.69, 9.17) is 9.84 Å². The average Bonchev–Trinajstić information content (AvgIpc) is 2.42. The smallest absolute Gasteiger partial charge is 0.341 e. The first-order valence-electron chi connectivity index (χ1n) is 6.61. The Labute approximate surface area is 116 Å². The monoisotopic (exact) mass is 275 g/mol. The van der Waals surface area contributed by atoms with Gasteiger partial charge in [-0.25, -0.2) is 4.79 Å². The van der Waals surface area contributed by atoms with Crippen LogP contribution in [0.25, 0.3) is 10.9 Å². The molecule has 1 heterocycles. The maximum Gasteiger partial charge on any atom is 0.341 e. The van der Waals surface area contributed by atoms with Gasteiger partial charge in [-0.3, -0.25) is 4.79 Å². The van der Waals surface area contributed by atoms with Crippen molar-refractivity contribution in [3.05, 3.63) is 40.2 Å². The number of nitrogens with zero attached hydrogens (tertiary/aromatic N) is 1.